The highest BCUT2D eigenvalue weighted by molar-refractivity contribution is 5.71. The Morgan fingerprint density at radius 2 is 1.14 bits per heavy atom. The number of unbranched alkanes of at least 4 members (excludes halogenated alkanes) is 10. The standard InChI is InChI=1S/C19H38O3/c1-3-17(2)15-13-11-9-7-5-4-6-8-10-12-14-16-18(20)19(21)22/h17-18,20H,3-16H2,1-2H3,(H,21,22). The van der Waals surface area contributed by atoms with Gasteiger partial charge >= 0.3 is 5.97 Å². The number of carboxylic acid groups (broad SMARTS) is 1. The van der Waals surface area contributed by atoms with E-state index < -0.39 is 12.1 Å². The van der Waals surface area contributed by atoms with E-state index >= 15 is 0 Å². The van der Waals surface area contributed by atoms with Gasteiger partial charge < -0.3 is 10.2 Å². The van der Waals surface area contributed by atoms with Gasteiger partial charge in [0.05, 0.1) is 0 Å². The monoisotopic (exact) mass is 314 g/mol. The van der Waals surface area contributed by atoms with E-state index in [9.17, 15) is 4.79 Å². The van der Waals surface area contributed by atoms with Crippen LogP contribution in [0.15, 0.2) is 0 Å². The molecule has 0 spiro atoms. The molecule has 0 aliphatic heterocycles. The number of carboxylic acids is 1. The fourth-order valence-electron chi connectivity index (χ4n) is 2.75. The van der Waals surface area contributed by atoms with Crippen molar-refractivity contribution in [3.8, 4) is 0 Å². The summed E-state index contributed by atoms with van der Waals surface area (Å²) in [6, 6.07) is 0. The molecule has 0 aromatic heterocycles. The Hall–Kier alpha value is -0.570. The topological polar surface area (TPSA) is 57.5 Å². The first kappa shape index (κ1) is 21.4. The van der Waals surface area contributed by atoms with E-state index in [1.165, 1.54) is 70.6 Å². The minimum Gasteiger partial charge on any atom is -0.479 e. The molecule has 0 saturated heterocycles. The Balaban J connectivity index is 3.10. The Morgan fingerprint density at radius 3 is 1.50 bits per heavy atom. The Morgan fingerprint density at radius 1 is 0.773 bits per heavy atom. The lowest BCUT2D eigenvalue weighted by molar-refractivity contribution is -0.146. The summed E-state index contributed by atoms with van der Waals surface area (Å²) in [5.41, 5.74) is 0. The van der Waals surface area contributed by atoms with Gasteiger partial charge in [-0.1, -0.05) is 97.3 Å². The number of rotatable bonds is 16. The molecule has 0 saturated carbocycles. The molecule has 0 bridgehead atoms. The molecule has 0 heterocycles. The molecule has 0 aliphatic rings. The Bertz CT molecular complexity index is 253. The van der Waals surface area contributed by atoms with Gasteiger partial charge in [-0.15, -0.1) is 0 Å². The molecule has 3 nitrogen and oxygen atoms in total. The van der Waals surface area contributed by atoms with Crippen LogP contribution in [0.2, 0.25) is 0 Å². The number of hydrogen-bond donors (Lipinski definition) is 2. The van der Waals surface area contributed by atoms with Crippen molar-refractivity contribution in [2.24, 2.45) is 5.92 Å². The van der Waals surface area contributed by atoms with Gasteiger partial charge in [0.15, 0.2) is 6.10 Å². The van der Waals surface area contributed by atoms with Crippen LogP contribution in [-0.2, 0) is 4.79 Å². The third kappa shape index (κ3) is 14.4. The van der Waals surface area contributed by atoms with Crippen molar-refractivity contribution in [2.45, 2.75) is 110 Å². The van der Waals surface area contributed by atoms with Crippen molar-refractivity contribution in [3.05, 3.63) is 0 Å². The molecule has 0 aliphatic carbocycles. The lowest BCUT2D eigenvalue weighted by Gasteiger charge is -2.07. The zero-order valence-corrected chi connectivity index (χ0v) is 14.9. The quantitative estimate of drug-likeness (QED) is 0.367. The second-order valence-electron chi connectivity index (χ2n) is 6.83. The maximum Gasteiger partial charge on any atom is 0.332 e. The number of aliphatic hydroxyl groups is 1. The Labute approximate surface area is 137 Å². The normalized spacial score (nSPS) is 14.0. The second-order valence-corrected chi connectivity index (χ2v) is 6.83. The molecule has 0 radical (unpaired) electrons. The predicted octanol–water partition coefficient (Wildman–Crippen LogP) is 5.55. The maximum atomic E-state index is 10.4. The molecular weight excluding hydrogens is 276 g/mol. The van der Waals surface area contributed by atoms with Gasteiger partial charge in [-0.2, -0.15) is 0 Å². The zero-order chi connectivity index (χ0) is 16.6. The highest BCUT2D eigenvalue weighted by Crippen LogP contribution is 2.15. The summed E-state index contributed by atoms with van der Waals surface area (Å²) in [5.74, 6) is -0.194. The van der Waals surface area contributed by atoms with Gasteiger partial charge in [0.25, 0.3) is 0 Å². The predicted molar refractivity (Wildman–Crippen MR) is 93.1 cm³/mol. The average Bonchev–Trinajstić information content (AvgIpc) is 2.51. The number of carbonyl (C=O) groups is 1. The summed E-state index contributed by atoms with van der Waals surface area (Å²) >= 11 is 0. The molecule has 2 N–H and O–H groups in total. The molecule has 0 aromatic rings. The van der Waals surface area contributed by atoms with E-state index in [-0.39, 0.29) is 0 Å². The molecular formula is C19H38O3. The summed E-state index contributed by atoms with van der Waals surface area (Å²) in [6.07, 6.45) is 15.8. The Kier molecular flexibility index (Phi) is 14.9. The maximum absolute atomic E-state index is 10.4. The highest BCUT2D eigenvalue weighted by Gasteiger charge is 2.11. The van der Waals surface area contributed by atoms with Crippen molar-refractivity contribution < 1.29 is 15.0 Å². The van der Waals surface area contributed by atoms with Crippen LogP contribution in [0.4, 0.5) is 0 Å². The molecule has 0 fully saturated rings. The molecule has 22 heavy (non-hydrogen) atoms. The SMILES string of the molecule is CCC(C)CCCCCCCCCCCCCC(O)C(=O)O. The first-order chi connectivity index (χ1) is 10.6. The van der Waals surface area contributed by atoms with Crippen LogP contribution in [0.5, 0.6) is 0 Å². The fraction of sp³-hybridized carbons (Fsp3) is 0.947. The third-order valence-corrected chi connectivity index (χ3v) is 4.66. The van der Waals surface area contributed by atoms with Crippen molar-refractivity contribution in [2.75, 3.05) is 0 Å². The van der Waals surface area contributed by atoms with Crippen molar-refractivity contribution >= 4 is 5.97 Å². The van der Waals surface area contributed by atoms with Gasteiger partial charge in [0.1, 0.15) is 0 Å². The molecule has 2 atom stereocenters. The van der Waals surface area contributed by atoms with Crippen molar-refractivity contribution in [1.82, 2.24) is 0 Å². The first-order valence-electron chi connectivity index (χ1n) is 9.48. The van der Waals surface area contributed by atoms with Crippen LogP contribution < -0.4 is 0 Å². The van der Waals surface area contributed by atoms with Crippen LogP contribution in [0, 0.1) is 5.92 Å². The first-order valence-corrected chi connectivity index (χ1v) is 9.48. The van der Waals surface area contributed by atoms with Crippen LogP contribution >= 0.6 is 0 Å². The summed E-state index contributed by atoms with van der Waals surface area (Å²) in [4.78, 5) is 10.4. The van der Waals surface area contributed by atoms with Gasteiger partial charge in [-0.05, 0) is 12.3 Å². The molecule has 132 valence electrons. The van der Waals surface area contributed by atoms with Crippen LogP contribution in [0.25, 0.3) is 0 Å². The van der Waals surface area contributed by atoms with Gasteiger partial charge in [-0.25, -0.2) is 4.79 Å². The van der Waals surface area contributed by atoms with E-state index in [1.807, 2.05) is 0 Å². The van der Waals surface area contributed by atoms with E-state index in [2.05, 4.69) is 13.8 Å². The van der Waals surface area contributed by atoms with Crippen LogP contribution in [0.3, 0.4) is 0 Å². The summed E-state index contributed by atoms with van der Waals surface area (Å²) < 4.78 is 0. The summed E-state index contributed by atoms with van der Waals surface area (Å²) in [5, 5.41) is 17.7. The van der Waals surface area contributed by atoms with Gasteiger partial charge in [0.2, 0.25) is 0 Å². The zero-order valence-electron chi connectivity index (χ0n) is 14.9. The number of hydrogen-bond acceptors (Lipinski definition) is 2. The van der Waals surface area contributed by atoms with E-state index in [4.69, 9.17) is 10.2 Å². The average molecular weight is 315 g/mol. The number of aliphatic carboxylic acids is 1. The van der Waals surface area contributed by atoms with Gasteiger partial charge in [0, 0.05) is 0 Å². The minimum absolute atomic E-state index is 0.395. The molecule has 0 rings (SSSR count). The van der Waals surface area contributed by atoms with E-state index in [1.54, 1.807) is 0 Å². The van der Waals surface area contributed by atoms with Crippen LogP contribution in [-0.4, -0.2) is 22.3 Å². The van der Waals surface area contributed by atoms with Gasteiger partial charge in [-0.3, -0.25) is 0 Å². The largest absolute Gasteiger partial charge is 0.479 e. The van der Waals surface area contributed by atoms with Crippen molar-refractivity contribution in [3.63, 3.8) is 0 Å². The second kappa shape index (κ2) is 15.3. The molecule has 2 unspecified atom stereocenters. The van der Waals surface area contributed by atoms with Crippen molar-refractivity contribution in [1.29, 1.82) is 0 Å². The smallest absolute Gasteiger partial charge is 0.332 e. The lowest BCUT2D eigenvalue weighted by Crippen LogP contribution is -2.18. The lowest BCUT2D eigenvalue weighted by atomic mass is 9.99. The van der Waals surface area contributed by atoms with E-state index in [0.29, 0.717) is 6.42 Å². The summed E-state index contributed by atoms with van der Waals surface area (Å²) in [6.45, 7) is 4.63. The third-order valence-electron chi connectivity index (χ3n) is 4.66. The minimum atomic E-state index is -1.17. The number of aliphatic hydroxyl groups excluding tert-OH is 1. The molecule has 0 aromatic carbocycles. The highest BCUT2D eigenvalue weighted by atomic mass is 16.4. The van der Waals surface area contributed by atoms with E-state index in [0.717, 1.165) is 18.8 Å². The van der Waals surface area contributed by atoms with Crippen LogP contribution in [0.1, 0.15) is 104 Å². The summed E-state index contributed by atoms with van der Waals surface area (Å²) in [7, 11) is 0. The molecule has 0 amide bonds. The fourth-order valence-corrected chi connectivity index (χ4v) is 2.75. The molecule has 3 heteroatoms.